The number of hydrogen-bond acceptors (Lipinski definition) is 3. The summed E-state index contributed by atoms with van der Waals surface area (Å²) in [4.78, 5) is 19.5. The minimum atomic E-state index is 0.0772. The Hall–Kier alpha value is -2.62. The molecule has 1 heterocycles. The molecule has 0 saturated heterocycles. The van der Waals surface area contributed by atoms with Gasteiger partial charge in [0.25, 0.3) is 0 Å². The van der Waals surface area contributed by atoms with E-state index in [0.717, 1.165) is 22.3 Å². The molecule has 112 valence electrons. The molecule has 1 aromatic heterocycles. The van der Waals surface area contributed by atoms with Crippen molar-refractivity contribution in [2.24, 2.45) is 5.92 Å². The van der Waals surface area contributed by atoms with E-state index in [9.17, 15) is 4.79 Å². The topological polar surface area (TPSA) is 57.8 Å². The summed E-state index contributed by atoms with van der Waals surface area (Å²) in [6, 6.07) is 15.8. The smallest absolute Gasteiger partial charge is 0.205 e. The van der Waals surface area contributed by atoms with Crippen LogP contribution in [-0.2, 0) is 11.2 Å². The number of ketones is 1. The maximum absolute atomic E-state index is 11.8. The number of carbonyl (C=O) groups excluding carboxylic acids is 1. The maximum atomic E-state index is 11.8. The van der Waals surface area contributed by atoms with E-state index in [-0.39, 0.29) is 11.7 Å². The van der Waals surface area contributed by atoms with Crippen LogP contribution in [0.1, 0.15) is 19.4 Å². The van der Waals surface area contributed by atoms with Crippen LogP contribution in [0.5, 0.6) is 0 Å². The van der Waals surface area contributed by atoms with Gasteiger partial charge in [-0.3, -0.25) is 4.79 Å². The van der Waals surface area contributed by atoms with Crippen molar-refractivity contribution in [2.75, 3.05) is 5.32 Å². The first-order valence-corrected chi connectivity index (χ1v) is 7.45. The van der Waals surface area contributed by atoms with Gasteiger partial charge in [0, 0.05) is 18.0 Å². The Morgan fingerprint density at radius 2 is 1.86 bits per heavy atom. The molecule has 0 spiro atoms. The Kier molecular flexibility index (Phi) is 3.92. The second-order valence-electron chi connectivity index (χ2n) is 5.72. The minimum absolute atomic E-state index is 0.0772. The van der Waals surface area contributed by atoms with Crippen LogP contribution in [0.4, 0.5) is 11.6 Å². The molecule has 2 N–H and O–H groups in total. The molecule has 4 nitrogen and oxygen atoms in total. The number of nitrogens with one attached hydrogen (secondary N) is 2. The van der Waals surface area contributed by atoms with Gasteiger partial charge in [-0.1, -0.05) is 38.1 Å². The van der Waals surface area contributed by atoms with Crippen molar-refractivity contribution in [3.05, 3.63) is 54.1 Å². The maximum Gasteiger partial charge on any atom is 0.205 e. The van der Waals surface area contributed by atoms with Gasteiger partial charge in [0.15, 0.2) is 0 Å². The summed E-state index contributed by atoms with van der Waals surface area (Å²) in [6.45, 7) is 3.86. The highest BCUT2D eigenvalue weighted by Crippen LogP contribution is 2.19. The predicted molar refractivity (Wildman–Crippen MR) is 89.4 cm³/mol. The van der Waals surface area contributed by atoms with Gasteiger partial charge in [-0.2, -0.15) is 0 Å². The molecule has 22 heavy (non-hydrogen) atoms. The van der Waals surface area contributed by atoms with Crippen LogP contribution in [0, 0.1) is 5.92 Å². The summed E-state index contributed by atoms with van der Waals surface area (Å²) in [5, 5.41) is 3.25. The Labute approximate surface area is 129 Å². The fourth-order valence-electron chi connectivity index (χ4n) is 2.26. The SMILES string of the molecule is CC(C)C(=O)Cc1ccc(Nc2nc3ccccc3[nH]2)cc1. The van der Waals surface area contributed by atoms with E-state index in [2.05, 4.69) is 15.3 Å². The van der Waals surface area contributed by atoms with Crippen molar-refractivity contribution >= 4 is 28.5 Å². The molecule has 0 aliphatic carbocycles. The van der Waals surface area contributed by atoms with Gasteiger partial charge in [0.2, 0.25) is 5.95 Å². The molecule has 0 aliphatic rings. The molecule has 0 aliphatic heterocycles. The van der Waals surface area contributed by atoms with E-state index in [1.54, 1.807) is 0 Å². The summed E-state index contributed by atoms with van der Waals surface area (Å²) in [5.41, 5.74) is 3.92. The Morgan fingerprint density at radius 3 is 2.55 bits per heavy atom. The van der Waals surface area contributed by atoms with Crippen molar-refractivity contribution < 1.29 is 4.79 Å². The summed E-state index contributed by atoms with van der Waals surface area (Å²) in [6.07, 6.45) is 0.489. The van der Waals surface area contributed by atoms with Crippen LogP contribution in [0.2, 0.25) is 0 Å². The Morgan fingerprint density at radius 1 is 1.14 bits per heavy atom. The first-order valence-electron chi connectivity index (χ1n) is 7.45. The molecule has 0 bridgehead atoms. The summed E-state index contributed by atoms with van der Waals surface area (Å²) < 4.78 is 0. The monoisotopic (exact) mass is 293 g/mol. The number of aromatic amines is 1. The van der Waals surface area contributed by atoms with Crippen molar-refractivity contribution in [1.82, 2.24) is 9.97 Å². The van der Waals surface area contributed by atoms with Crippen LogP contribution in [0.25, 0.3) is 11.0 Å². The predicted octanol–water partition coefficient (Wildman–Crippen LogP) is 4.07. The van der Waals surface area contributed by atoms with E-state index in [4.69, 9.17) is 0 Å². The number of hydrogen-bond donors (Lipinski definition) is 2. The van der Waals surface area contributed by atoms with Crippen LogP contribution in [-0.4, -0.2) is 15.8 Å². The fraction of sp³-hybridized carbons (Fsp3) is 0.222. The molecule has 0 fully saturated rings. The zero-order chi connectivity index (χ0) is 15.5. The second-order valence-corrected chi connectivity index (χ2v) is 5.72. The Bertz CT molecular complexity index is 754. The standard InChI is InChI=1S/C18H19N3O/c1-12(2)17(22)11-13-7-9-14(10-8-13)19-18-20-15-5-3-4-6-16(15)21-18/h3-10,12H,11H2,1-2H3,(H2,19,20,21). The van der Waals surface area contributed by atoms with Crippen molar-refractivity contribution in [2.45, 2.75) is 20.3 Å². The number of nitrogens with zero attached hydrogens (tertiary/aromatic N) is 1. The lowest BCUT2D eigenvalue weighted by molar-refractivity contribution is -0.121. The average Bonchev–Trinajstić information content (AvgIpc) is 2.91. The van der Waals surface area contributed by atoms with Gasteiger partial charge in [-0.05, 0) is 29.8 Å². The van der Waals surface area contributed by atoms with Crippen LogP contribution in [0.15, 0.2) is 48.5 Å². The minimum Gasteiger partial charge on any atom is -0.326 e. The largest absolute Gasteiger partial charge is 0.326 e. The molecule has 0 saturated carbocycles. The highest BCUT2D eigenvalue weighted by atomic mass is 16.1. The molecule has 3 aromatic rings. The lowest BCUT2D eigenvalue weighted by Gasteiger charge is -2.06. The zero-order valence-corrected chi connectivity index (χ0v) is 12.8. The molecule has 0 amide bonds. The summed E-state index contributed by atoms with van der Waals surface area (Å²) >= 11 is 0. The lowest BCUT2D eigenvalue weighted by Crippen LogP contribution is -2.10. The van der Waals surface area contributed by atoms with Gasteiger partial charge >= 0.3 is 0 Å². The number of aromatic nitrogens is 2. The highest BCUT2D eigenvalue weighted by molar-refractivity contribution is 5.82. The molecule has 0 radical (unpaired) electrons. The van der Waals surface area contributed by atoms with Gasteiger partial charge in [0.1, 0.15) is 5.78 Å². The first kappa shape index (κ1) is 14.3. The number of carbonyl (C=O) groups is 1. The zero-order valence-electron chi connectivity index (χ0n) is 12.8. The highest BCUT2D eigenvalue weighted by Gasteiger charge is 2.08. The molecule has 0 atom stereocenters. The lowest BCUT2D eigenvalue weighted by atomic mass is 10.0. The average molecular weight is 293 g/mol. The third kappa shape index (κ3) is 3.17. The molecular formula is C18H19N3O. The molecule has 0 unspecified atom stereocenters. The second kappa shape index (κ2) is 6.02. The van der Waals surface area contributed by atoms with Gasteiger partial charge < -0.3 is 10.3 Å². The van der Waals surface area contributed by atoms with Gasteiger partial charge in [0.05, 0.1) is 11.0 Å². The van der Waals surface area contributed by atoms with E-state index in [0.29, 0.717) is 12.4 Å². The van der Waals surface area contributed by atoms with E-state index in [1.807, 2.05) is 62.4 Å². The van der Waals surface area contributed by atoms with Crippen molar-refractivity contribution in [3.8, 4) is 0 Å². The van der Waals surface area contributed by atoms with Crippen molar-refractivity contribution in [3.63, 3.8) is 0 Å². The third-order valence-corrected chi connectivity index (χ3v) is 3.63. The molecule has 3 rings (SSSR count). The number of Topliss-reactive ketones (excluding diaryl/α,β-unsaturated/α-hetero) is 1. The van der Waals surface area contributed by atoms with E-state index in [1.165, 1.54) is 0 Å². The number of rotatable bonds is 5. The van der Waals surface area contributed by atoms with Crippen LogP contribution < -0.4 is 5.32 Å². The number of H-pyrrole nitrogens is 1. The van der Waals surface area contributed by atoms with E-state index >= 15 is 0 Å². The number of anilines is 2. The number of fused-ring (bicyclic) bond motifs is 1. The molecular weight excluding hydrogens is 274 g/mol. The van der Waals surface area contributed by atoms with Gasteiger partial charge in [-0.15, -0.1) is 0 Å². The Balaban J connectivity index is 1.71. The molecule has 2 aromatic carbocycles. The number of para-hydroxylation sites is 2. The van der Waals surface area contributed by atoms with Crippen LogP contribution in [0.3, 0.4) is 0 Å². The van der Waals surface area contributed by atoms with Crippen molar-refractivity contribution in [1.29, 1.82) is 0 Å². The van der Waals surface area contributed by atoms with Crippen LogP contribution >= 0.6 is 0 Å². The number of benzene rings is 2. The summed E-state index contributed by atoms with van der Waals surface area (Å²) in [7, 11) is 0. The van der Waals surface area contributed by atoms with Gasteiger partial charge in [-0.25, -0.2) is 4.98 Å². The normalized spacial score (nSPS) is 11.0. The molecule has 4 heteroatoms. The quantitative estimate of drug-likeness (QED) is 0.745. The summed E-state index contributed by atoms with van der Waals surface area (Å²) in [5.74, 6) is 1.05. The number of imidazole rings is 1. The van der Waals surface area contributed by atoms with E-state index < -0.39 is 0 Å². The first-order chi connectivity index (χ1) is 10.6. The third-order valence-electron chi connectivity index (χ3n) is 3.63. The fourth-order valence-corrected chi connectivity index (χ4v) is 2.26.